The lowest BCUT2D eigenvalue weighted by atomic mass is 9.97. The van der Waals surface area contributed by atoms with Crippen LogP contribution in [-0.4, -0.2) is 27.6 Å². The van der Waals surface area contributed by atoms with Crippen molar-refractivity contribution in [1.82, 2.24) is 9.97 Å². The highest BCUT2D eigenvalue weighted by Gasteiger charge is 2.18. The lowest BCUT2D eigenvalue weighted by molar-refractivity contribution is -0.141. The van der Waals surface area contributed by atoms with Crippen LogP contribution in [0.5, 0.6) is 0 Å². The number of carbonyl (C=O) groups is 1. The Morgan fingerprint density at radius 2 is 2.24 bits per heavy atom. The molecule has 0 bridgehead atoms. The third-order valence-corrected chi connectivity index (χ3v) is 2.41. The Bertz CT molecular complexity index is 380. The lowest BCUT2D eigenvalue weighted by Crippen LogP contribution is -2.25. The number of aromatic nitrogens is 2. The Hall–Kier alpha value is -1.65. The summed E-state index contributed by atoms with van der Waals surface area (Å²) in [4.78, 5) is 19.2. The van der Waals surface area contributed by atoms with Gasteiger partial charge in [0.1, 0.15) is 0 Å². The third-order valence-electron chi connectivity index (χ3n) is 2.41. The molecule has 0 amide bonds. The number of anilines is 1. The summed E-state index contributed by atoms with van der Waals surface area (Å²) in [5, 5.41) is 12.0. The normalized spacial score (nSPS) is 12.5. The quantitative estimate of drug-likeness (QED) is 0.790. The molecule has 0 aliphatic rings. The molecule has 94 valence electrons. The summed E-state index contributed by atoms with van der Waals surface area (Å²) < 4.78 is 0. The summed E-state index contributed by atoms with van der Waals surface area (Å²) in [6.07, 6.45) is 2.30. The maximum Gasteiger partial charge on any atom is 0.308 e. The molecule has 2 N–H and O–H groups in total. The maximum atomic E-state index is 11.0. The number of carboxylic acids is 1. The van der Waals surface area contributed by atoms with Gasteiger partial charge in [0.25, 0.3) is 0 Å². The topological polar surface area (TPSA) is 75.1 Å². The lowest BCUT2D eigenvalue weighted by Gasteiger charge is -2.15. The van der Waals surface area contributed by atoms with E-state index in [4.69, 9.17) is 5.11 Å². The second-order valence-electron chi connectivity index (χ2n) is 4.57. The molecule has 0 aliphatic heterocycles. The average Bonchev–Trinajstić information content (AvgIpc) is 2.23. The summed E-state index contributed by atoms with van der Waals surface area (Å²) in [5.41, 5.74) is 0.859. The number of hydrogen-bond acceptors (Lipinski definition) is 4. The first kappa shape index (κ1) is 13.4. The number of aliphatic carboxylic acids is 1. The van der Waals surface area contributed by atoms with E-state index in [1.165, 1.54) is 0 Å². The van der Waals surface area contributed by atoms with Crippen molar-refractivity contribution in [2.24, 2.45) is 11.8 Å². The van der Waals surface area contributed by atoms with Crippen molar-refractivity contribution in [3.05, 3.63) is 18.0 Å². The number of carboxylic acid groups (broad SMARTS) is 1. The van der Waals surface area contributed by atoms with Crippen molar-refractivity contribution < 1.29 is 9.90 Å². The average molecular weight is 237 g/mol. The zero-order chi connectivity index (χ0) is 12.8. The molecule has 1 rings (SSSR count). The molecule has 0 aliphatic carbocycles. The molecule has 1 unspecified atom stereocenters. The van der Waals surface area contributed by atoms with Crippen molar-refractivity contribution in [2.45, 2.75) is 27.2 Å². The Labute approximate surface area is 101 Å². The zero-order valence-corrected chi connectivity index (χ0v) is 10.5. The monoisotopic (exact) mass is 237 g/mol. The van der Waals surface area contributed by atoms with Crippen LogP contribution in [0.3, 0.4) is 0 Å². The van der Waals surface area contributed by atoms with Crippen LogP contribution in [0.1, 0.15) is 26.0 Å². The predicted octanol–water partition coefficient (Wildman–Crippen LogP) is 1.94. The second-order valence-corrected chi connectivity index (χ2v) is 4.57. The Kier molecular flexibility index (Phi) is 4.87. The molecule has 0 spiro atoms. The molecule has 1 aromatic rings. The highest BCUT2D eigenvalue weighted by Crippen LogP contribution is 2.12. The van der Waals surface area contributed by atoms with Crippen LogP contribution >= 0.6 is 0 Å². The van der Waals surface area contributed by atoms with Gasteiger partial charge in [0.2, 0.25) is 5.95 Å². The van der Waals surface area contributed by atoms with Crippen LogP contribution in [0.4, 0.5) is 5.95 Å². The number of nitrogens with one attached hydrogen (secondary N) is 1. The van der Waals surface area contributed by atoms with Gasteiger partial charge >= 0.3 is 5.97 Å². The van der Waals surface area contributed by atoms with Crippen molar-refractivity contribution in [3.63, 3.8) is 0 Å². The first-order valence-corrected chi connectivity index (χ1v) is 5.75. The smallest absolute Gasteiger partial charge is 0.308 e. The predicted molar refractivity (Wildman–Crippen MR) is 65.8 cm³/mol. The van der Waals surface area contributed by atoms with Gasteiger partial charge in [0.15, 0.2) is 0 Å². The summed E-state index contributed by atoms with van der Waals surface area (Å²) in [6.45, 7) is 6.25. The van der Waals surface area contributed by atoms with E-state index in [1.807, 2.05) is 20.8 Å². The molecule has 0 radical (unpaired) electrons. The fourth-order valence-electron chi connectivity index (χ4n) is 1.59. The van der Waals surface area contributed by atoms with Crippen LogP contribution in [0.25, 0.3) is 0 Å². The van der Waals surface area contributed by atoms with Gasteiger partial charge in [-0.05, 0) is 25.3 Å². The Morgan fingerprint density at radius 3 is 2.76 bits per heavy atom. The molecule has 1 heterocycles. The molecule has 0 aromatic carbocycles. The van der Waals surface area contributed by atoms with Crippen molar-refractivity contribution >= 4 is 11.9 Å². The number of aryl methyl sites for hydroxylation is 1. The molecule has 1 atom stereocenters. The minimum atomic E-state index is -0.779. The highest BCUT2D eigenvalue weighted by molar-refractivity contribution is 5.70. The van der Waals surface area contributed by atoms with Crippen LogP contribution in [-0.2, 0) is 4.79 Å². The molecule has 17 heavy (non-hydrogen) atoms. The standard InChI is InChI=1S/C12H19N3O2/c1-8(2)6-10(11(16)17)7-14-12-13-5-4-9(3)15-12/h4-5,8,10H,6-7H2,1-3H3,(H,16,17)(H,13,14,15). The van der Waals surface area contributed by atoms with Gasteiger partial charge in [0, 0.05) is 18.4 Å². The van der Waals surface area contributed by atoms with Crippen LogP contribution in [0.15, 0.2) is 12.3 Å². The Balaban J connectivity index is 2.54. The molecular weight excluding hydrogens is 218 g/mol. The van der Waals surface area contributed by atoms with Crippen molar-refractivity contribution in [3.8, 4) is 0 Å². The van der Waals surface area contributed by atoms with E-state index in [2.05, 4.69) is 15.3 Å². The van der Waals surface area contributed by atoms with E-state index in [0.29, 0.717) is 24.8 Å². The molecule has 5 heteroatoms. The van der Waals surface area contributed by atoms with Gasteiger partial charge in [-0.1, -0.05) is 13.8 Å². The minimum Gasteiger partial charge on any atom is -0.481 e. The molecule has 0 saturated carbocycles. The van der Waals surface area contributed by atoms with Crippen LogP contribution in [0, 0.1) is 18.8 Å². The molecule has 1 aromatic heterocycles. The van der Waals surface area contributed by atoms with Crippen LogP contribution in [0.2, 0.25) is 0 Å². The summed E-state index contributed by atoms with van der Waals surface area (Å²) in [5.74, 6) is -0.339. The van der Waals surface area contributed by atoms with Crippen molar-refractivity contribution in [2.75, 3.05) is 11.9 Å². The van der Waals surface area contributed by atoms with Gasteiger partial charge in [0.05, 0.1) is 5.92 Å². The van der Waals surface area contributed by atoms with Gasteiger partial charge in [-0.3, -0.25) is 4.79 Å². The second kappa shape index (κ2) is 6.18. The summed E-state index contributed by atoms with van der Waals surface area (Å²) >= 11 is 0. The number of hydrogen-bond donors (Lipinski definition) is 2. The first-order chi connectivity index (χ1) is 7.99. The fraction of sp³-hybridized carbons (Fsp3) is 0.583. The van der Waals surface area contributed by atoms with E-state index < -0.39 is 11.9 Å². The van der Waals surface area contributed by atoms with E-state index in [1.54, 1.807) is 12.3 Å². The third kappa shape index (κ3) is 4.80. The first-order valence-electron chi connectivity index (χ1n) is 5.75. The van der Waals surface area contributed by atoms with E-state index in [9.17, 15) is 4.79 Å². The number of nitrogens with zero attached hydrogens (tertiary/aromatic N) is 2. The van der Waals surface area contributed by atoms with E-state index in [0.717, 1.165) is 5.69 Å². The largest absolute Gasteiger partial charge is 0.481 e. The van der Waals surface area contributed by atoms with Gasteiger partial charge in [-0.15, -0.1) is 0 Å². The van der Waals surface area contributed by atoms with E-state index >= 15 is 0 Å². The minimum absolute atomic E-state index is 0.358. The molecule has 5 nitrogen and oxygen atoms in total. The van der Waals surface area contributed by atoms with Crippen molar-refractivity contribution in [1.29, 1.82) is 0 Å². The summed E-state index contributed by atoms with van der Waals surface area (Å²) in [7, 11) is 0. The van der Waals surface area contributed by atoms with Gasteiger partial charge in [-0.25, -0.2) is 9.97 Å². The van der Waals surface area contributed by atoms with E-state index in [-0.39, 0.29) is 0 Å². The zero-order valence-electron chi connectivity index (χ0n) is 10.5. The molecule has 0 fully saturated rings. The highest BCUT2D eigenvalue weighted by atomic mass is 16.4. The summed E-state index contributed by atoms with van der Waals surface area (Å²) in [6, 6.07) is 1.80. The maximum absolute atomic E-state index is 11.0. The molecular formula is C12H19N3O2. The molecule has 0 saturated heterocycles. The van der Waals surface area contributed by atoms with Gasteiger partial charge in [-0.2, -0.15) is 0 Å². The van der Waals surface area contributed by atoms with Gasteiger partial charge < -0.3 is 10.4 Å². The SMILES string of the molecule is Cc1ccnc(NCC(CC(C)C)C(=O)O)n1. The number of rotatable bonds is 6. The Morgan fingerprint density at radius 1 is 1.53 bits per heavy atom. The van der Waals surface area contributed by atoms with Crippen LogP contribution < -0.4 is 5.32 Å². The fourth-order valence-corrected chi connectivity index (χ4v) is 1.59.